The SMILES string of the molecule is [F][Sn]([F])[F].[F][Sn][F].[K]. The first-order valence-electron chi connectivity index (χ1n) is 0.945. The molecule has 0 heterocycles. The summed E-state index contributed by atoms with van der Waals surface area (Å²) in [4.78, 5) is 0. The van der Waals surface area contributed by atoms with Crippen LogP contribution < -0.4 is 0 Å². The largest absolute Gasteiger partial charge is 0 e. The average Bonchev–Trinajstić information content (AvgIpc) is 1.33. The third kappa shape index (κ3) is 66.4. The number of halogens is 5. The first-order chi connectivity index (χ1) is 3.15. The summed E-state index contributed by atoms with van der Waals surface area (Å²) in [6, 6.07) is 0. The van der Waals surface area contributed by atoms with E-state index in [1.807, 2.05) is 0 Å². The molecule has 0 saturated carbocycles. The van der Waals surface area contributed by atoms with Crippen LogP contribution in [0.5, 0.6) is 0 Å². The zero-order valence-corrected chi connectivity index (χ0v) is 12.7. The first kappa shape index (κ1) is 17.1. The molecule has 0 nitrogen and oxygen atoms in total. The second-order valence-corrected chi connectivity index (χ2v) is 1.92. The van der Waals surface area contributed by atoms with Crippen LogP contribution in [0.3, 0.4) is 0 Å². The van der Waals surface area contributed by atoms with Gasteiger partial charge in [-0.15, -0.1) is 0 Å². The van der Waals surface area contributed by atoms with E-state index in [-0.39, 0.29) is 51.4 Å². The minimum absolute atomic E-state index is 0. The molecule has 0 fully saturated rings. The van der Waals surface area contributed by atoms with Crippen LogP contribution >= 0.6 is 0 Å². The van der Waals surface area contributed by atoms with E-state index in [2.05, 4.69) is 0 Å². The average molecular weight is 372 g/mol. The van der Waals surface area contributed by atoms with Gasteiger partial charge in [0.05, 0.1) is 0 Å². The van der Waals surface area contributed by atoms with Crippen molar-refractivity contribution in [3.63, 3.8) is 0 Å². The Balaban J connectivity index is -0.0000000575. The van der Waals surface area contributed by atoms with Crippen LogP contribution in [-0.2, 0) is 0 Å². The molecular formula is F5KSn2. The molecule has 0 aliphatic heterocycles. The van der Waals surface area contributed by atoms with Crippen molar-refractivity contribution in [1.82, 2.24) is 0 Å². The summed E-state index contributed by atoms with van der Waals surface area (Å²) in [5, 5.41) is 0. The molecule has 0 aromatic rings. The zero-order valence-electron chi connectivity index (χ0n) is 3.89. The van der Waals surface area contributed by atoms with E-state index in [0.717, 1.165) is 0 Å². The Bertz CT molecular complexity index is 21.6. The van der Waals surface area contributed by atoms with Crippen LogP contribution in [0.1, 0.15) is 0 Å². The molecule has 0 spiro atoms. The van der Waals surface area contributed by atoms with Crippen molar-refractivity contribution in [3.8, 4) is 0 Å². The van der Waals surface area contributed by atoms with Crippen molar-refractivity contribution in [2.75, 3.05) is 0 Å². The molecule has 44 valence electrons. The van der Waals surface area contributed by atoms with Crippen molar-refractivity contribution in [1.29, 1.82) is 0 Å². The second-order valence-electron chi connectivity index (χ2n) is 0.286. The van der Waals surface area contributed by atoms with Gasteiger partial charge in [-0.1, -0.05) is 0 Å². The quantitative estimate of drug-likeness (QED) is 0.440. The van der Waals surface area contributed by atoms with Crippen molar-refractivity contribution in [2.45, 2.75) is 0 Å². The minimum Gasteiger partial charge on any atom is 0 e. The van der Waals surface area contributed by atoms with E-state index < -0.39 is 43.8 Å². The Kier molecular flexibility index (Phi) is 35.2. The van der Waals surface area contributed by atoms with Gasteiger partial charge in [-0.3, -0.25) is 0 Å². The fraction of sp³-hybridized carbons (Fsp3) is 0. The van der Waals surface area contributed by atoms with Gasteiger partial charge in [-0.25, -0.2) is 0 Å². The molecule has 0 atom stereocenters. The first-order valence-corrected chi connectivity index (χ1v) is 6.34. The molecule has 0 aliphatic carbocycles. The fourth-order valence-electron chi connectivity index (χ4n) is 0. The van der Waals surface area contributed by atoms with Gasteiger partial charge in [0.2, 0.25) is 0 Å². The Morgan fingerprint density at radius 1 is 1.00 bits per heavy atom. The summed E-state index contributed by atoms with van der Waals surface area (Å²) in [5.41, 5.74) is 0. The molecule has 0 N–H and O–H groups in total. The maximum Gasteiger partial charge on any atom is 0 e. The number of rotatable bonds is 0. The summed E-state index contributed by atoms with van der Waals surface area (Å²) in [7, 11) is 0. The maximum atomic E-state index is 9.86. The van der Waals surface area contributed by atoms with E-state index in [4.69, 9.17) is 0 Å². The molecular weight excluding hydrogens is 372 g/mol. The number of hydrogen-bond donors (Lipinski definition) is 0. The molecule has 0 saturated heterocycles. The molecule has 0 bridgehead atoms. The Morgan fingerprint density at radius 2 is 1.00 bits per heavy atom. The van der Waals surface area contributed by atoms with Crippen molar-refractivity contribution in [3.05, 3.63) is 0 Å². The topological polar surface area (TPSA) is 0 Å². The number of hydrogen-bond acceptors (Lipinski definition) is 0. The van der Waals surface area contributed by atoms with Crippen LogP contribution in [0.25, 0.3) is 0 Å². The fourth-order valence-corrected chi connectivity index (χ4v) is 0. The summed E-state index contributed by atoms with van der Waals surface area (Å²) in [6.07, 6.45) is 0. The van der Waals surface area contributed by atoms with E-state index >= 15 is 0 Å². The van der Waals surface area contributed by atoms with Crippen LogP contribution in [0, 0.1) is 0 Å². The molecule has 0 aromatic carbocycles. The molecule has 0 aromatic heterocycles. The molecule has 8 heteroatoms. The summed E-state index contributed by atoms with van der Waals surface area (Å²) < 4.78 is 49.2. The molecule has 8 heavy (non-hydrogen) atoms. The maximum absolute atomic E-state index is 9.86. The van der Waals surface area contributed by atoms with Crippen molar-refractivity contribution >= 4 is 95.1 Å². The standard InChI is InChI=1S/5FH.K.2Sn/h5*1H;;;/q;;;;;;+2;+3/p-5. The summed E-state index contributed by atoms with van der Waals surface area (Å²) >= 11 is -7.81. The normalized spacial score (nSPS) is 6.75. The van der Waals surface area contributed by atoms with E-state index in [1.54, 1.807) is 0 Å². The van der Waals surface area contributed by atoms with Crippen molar-refractivity contribution < 1.29 is 14.3 Å². The van der Waals surface area contributed by atoms with Gasteiger partial charge in [-0.2, -0.15) is 0 Å². The zero-order chi connectivity index (χ0) is 6.28. The Hall–Kier alpha value is 2.88. The van der Waals surface area contributed by atoms with Gasteiger partial charge < -0.3 is 0 Å². The summed E-state index contributed by atoms with van der Waals surface area (Å²) in [5.74, 6) is 0. The van der Waals surface area contributed by atoms with Gasteiger partial charge in [0.25, 0.3) is 0 Å². The Labute approximate surface area is 107 Å². The minimum atomic E-state index is -5.04. The third-order valence-electron chi connectivity index (χ3n) is 0. The molecule has 0 rings (SSSR count). The van der Waals surface area contributed by atoms with E-state index in [1.165, 1.54) is 0 Å². The van der Waals surface area contributed by atoms with Gasteiger partial charge in [0, 0.05) is 51.4 Å². The van der Waals surface area contributed by atoms with Gasteiger partial charge in [-0.05, 0) is 0 Å². The monoisotopic (exact) mass is 374 g/mol. The summed E-state index contributed by atoms with van der Waals surface area (Å²) in [6.45, 7) is 0. The van der Waals surface area contributed by atoms with E-state index in [9.17, 15) is 14.3 Å². The predicted molar refractivity (Wildman–Crippen MR) is 22.8 cm³/mol. The molecule has 0 amide bonds. The van der Waals surface area contributed by atoms with Crippen LogP contribution in [0.2, 0.25) is 0 Å². The molecule has 0 unspecified atom stereocenters. The van der Waals surface area contributed by atoms with Crippen LogP contribution in [-0.4, -0.2) is 95.1 Å². The van der Waals surface area contributed by atoms with Gasteiger partial charge in [0.15, 0.2) is 0 Å². The predicted octanol–water partition coefficient (Wildman–Crippen LogP) is 0.959. The second kappa shape index (κ2) is 16.5. The van der Waals surface area contributed by atoms with E-state index in [0.29, 0.717) is 0 Å². The molecule has 4 radical (unpaired) electrons. The van der Waals surface area contributed by atoms with Gasteiger partial charge >= 0.3 is 58.1 Å². The molecule has 0 aliphatic rings. The smallest absolute Gasteiger partial charge is 0 e. The van der Waals surface area contributed by atoms with Crippen molar-refractivity contribution in [2.24, 2.45) is 0 Å². The third-order valence-corrected chi connectivity index (χ3v) is 0. The Morgan fingerprint density at radius 3 is 1.00 bits per heavy atom. The van der Waals surface area contributed by atoms with Crippen LogP contribution in [0.15, 0.2) is 0 Å². The van der Waals surface area contributed by atoms with Gasteiger partial charge in [0.1, 0.15) is 0 Å². The van der Waals surface area contributed by atoms with Crippen LogP contribution in [0.4, 0.5) is 14.3 Å².